The number of benzene rings is 1. The number of anilines is 1. The van der Waals surface area contributed by atoms with E-state index in [-0.39, 0.29) is 12.4 Å². The molecule has 0 spiro atoms. The van der Waals surface area contributed by atoms with E-state index in [0.717, 1.165) is 11.3 Å². The van der Waals surface area contributed by atoms with Crippen LogP contribution in [-0.2, 0) is 9.47 Å². The molecule has 0 bridgehead atoms. The van der Waals surface area contributed by atoms with Gasteiger partial charge in [-0.05, 0) is 47.5 Å². The molecule has 114 valence electrons. The summed E-state index contributed by atoms with van der Waals surface area (Å²) in [6, 6.07) is 3.10. The van der Waals surface area contributed by atoms with Crippen LogP contribution in [0.5, 0.6) is 0 Å². The Bertz CT molecular complexity index is 418. The molecule has 20 heavy (non-hydrogen) atoms. The molecule has 1 aromatic carbocycles. The second kappa shape index (κ2) is 9.28. The third-order valence-electron chi connectivity index (χ3n) is 2.68. The maximum atomic E-state index is 13.3. The summed E-state index contributed by atoms with van der Waals surface area (Å²) in [7, 11) is 0. The summed E-state index contributed by atoms with van der Waals surface area (Å²) in [5.41, 5.74) is 1.57. The first-order valence-electron chi connectivity index (χ1n) is 6.57. The quantitative estimate of drug-likeness (QED) is 0.673. The van der Waals surface area contributed by atoms with Gasteiger partial charge in [-0.25, -0.2) is 4.39 Å². The highest BCUT2D eigenvalue weighted by Gasteiger charge is 2.08. The Kier molecular flexibility index (Phi) is 8.06. The lowest BCUT2D eigenvalue weighted by molar-refractivity contribution is 0.0103. The lowest BCUT2D eigenvalue weighted by atomic mass is 10.2. The van der Waals surface area contributed by atoms with Gasteiger partial charge in [-0.15, -0.1) is 0 Å². The average Bonchev–Trinajstić information content (AvgIpc) is 2.41. The summed E-state index contributed by atoms with van der Waals surface area (Å²) < 4.78 is 24.1. The monoisotopic (exact) mass is 349 g/mol. The predicted octanol–water partition coefficient (Wildman–Crippen LogP) is 2.72. The fourth-order valence-corrected chi connectivity index (χ4v) is 1.95. The Morgan fingerprint density at radius 2 is 2.05 bits per heavy atom. The molecular formula is C14H21BrFNO3. The molecule has 6 heteroatoms. The van der Waals surface area contributed by atoms with Crippen LogP contribution in [0.1, 0.15) is 12.5 Å². The van der Waals surface area contributed by atoms with Crippen LogP contribution in [0.15, 0.2) is 16.6 Å². The number of ether oxygens (including phenoxy) is 2. The normalized spacial score (nSPS) is 12.4. The third-order valence-corrected chi connectivity index (χ3v) is 3.29. The number of hydrogen-bond acceptors (Lipinski definition) is 4. The molecule has 0 saturated carbocycles. The lowest BCUT2D eigenvalue weighted by Crippen LogP contribution is -2.26. The molecule has 2 N–H and O–H groups in total. The fourth-order valence-electron chi connectivity index (χ4n) is 1.60. The molecule has 0 saturated heterocycles. The largest absolute Gasteiger partial charge is 0.389 e. The van der Waals surface area contributed by atoms with Crippen molar-refractivity contribution in [2.24, 2.45) is 0 Å². The summed E-state index contributed by atoms with van der Waals surface area (Å²) in [4.78, 5) is 0. The smallest absolute Gasteiger partial charge is 0.137 e. The van der Waals surface area contributed by atoms with Crippen LogP contribution in [-0.4, -0.2) is 44.2 Å². The Balaban J connectivity index is 2.30. The van der Waals surface area contributed by atoms with Crippen molar-refractivity contribution < 1.29 is 19.0 Å². The van der Waals surface area contributed by atoms with Crippen molar-refractivity contribution in [2.75, 3.05) is 38.3 Å². The fraction of sp³-hybridized carbons (Fsp3) is 0.571. The van der Waals surface area contributed by atoms with Gasteiger partial charge in [0.2, 0.25) is 0 Å². The average molecular weight is 350 g/mol. The summed E-state index contributed by atoms with van der Waals surface area (Å²) in [6.45, 7) is 5.96. The second-order valence-corrected chi connectivity index (χ2v) is 5.24. The minimum absolute atomic E-state index is 0.238. The Morgan fingerprint density at radius 3 is 2.75 bits per heavy atom. The lowest BCUT2D eigenvalue weighted by Gasteiger charge is -2.15. The van der Waals surface area contributed by atoms with Gasteiger partial charge in [0, 0.05) is 18.8 Å². The Morgan fingerprint density at radius 1 is 1.35 bits per heavy atom. The van der Waals surface area contributed by atoms with E-state index in [9.17, 15) is 9.50 Å². The van der Waals surface area contributed by atoms with E-state index in [2.05, 4.69) is 21.2 Å². The van der Waals surface area contributed by atoms with E-state index in [4.69, 9.17) is 9.47 Å². The molecule has 0 fully saturated rings. The minimum atomic E-state index is -0.625. The van der Waals surface area contributed by atoms with Gasteiger partial charge in [0.15, 0.2) is 0 Å². The zero-order valence-electron chi connectivity index (χ0n) is 11.8. The van der Waals surface area contributed by atoms with E-state index >= 15 is 0 Å². The van der Waals surface area contributed by atoms with Crippen LogP contribution in [0.25, 0.3) is 0 Å². The highest BCUT2D eigenvalue weighted by molar-refractivity contribution is 9.10. The van der Waals surface area contributed by atoms with E-state index in [1.807, 2.05) is 13.8 Å². The van der Waals surface area contributed by atoms with E-state index < -0.39 is 6.10 Å². The first-order chi connectivity index (χ1) is 9.54. The molecule has 0 amide bonds. The number of aryl methyl sites for hydroxylation is 1. The standard InChI is InChI=1S/C14H21BrFNO3/c1-3-19-4-5-20-9-11(18)8-17-14-7-12(15)13(16)6-10(14)2/h6-7,11,17-18H,3-5,8-9H2,1-2H3. The molecule has 1 atom stereocenters. The molecule has 1 unspecified atom stereocenters. The maximum absolute atomic E-state index is 13.3. The number of hydrogen-bond donors (Lipinski definition) is 2. The molecule has 0 aliphatic heterocycles. The van der Waals surface area contributed by atoms with Gasteiger partial charge in [-0.2, -0.15) is 0 Å². The summed E-state index contributed by atoms with van der Waals surface area (Å²) in [6.07, 6.45) is -0.625. The molecule has 1 aromatic rings. The van der Waals surface area contributed by atoms with E-state index in [1.165, 1.54) is 6.07 Å². The number of nitrogens with one attached hydrogen (secondary N) is 1. The van der Waals surface area contributed by atoms with Gasteiger partial charge in [-0.3, -0.25) is 0 Å². The van der Waals surface area contributed by atoms with Gasteiger partial charge >= 0.3 is 0 Å². The van der Waals surface area contributed by atoms with E-state index in [1.54, 1.807) is 6.07 Å². The van der Waals surface area contributed by atoms with Gasteiger partial charge < -0.3 is 19.9 Å². The molecular weight excluding hydrogens is 329 g/mol. The molecule has 0 heterocycles. The van der Waals surface area contributed by atoms with Gasteiger partial charge in [0.25, 0.3) is 0 Å². The molecule has 4 nitrogen and oxygen atoms in total. The minimum Gasteiger partial charge on any atom is -0.389 e. The molecule has 1 rings (SSSR count). The van der Waals surface area contributed by atoms with Gasteiger partial charge in [-0.1, -0.05) is 0 Å². The first-order valence-corrected chi connectivity index (χ1v) is 7.37. The van der Waals surface area contributed by atoms with E-state index in [0.29, 0.717) is 30.8 Å². The second-order valence-electron chi connectivity index (χ2n) is 4.39. The van der Waals surface area contributed by atoms with Crippen molar-refractivity contribution in [3.05, 3.63) is 28.0 Å². The Labute approximate surface area is 127 Å². The molecule has 0 aromatic heterocycles. The van der Waals surface area contributed by atoms with Crippen LogP contribution in [0.4, 0.5) is 10.1 Å². The highest BCUT2D eigenvalue weighted by atomic mass is 79.9. The number of rotatable bonds is 9. The Hall–Kier alpha value is -0.690. The molecule has 0 aliphatic rings. The molecule has 0 radical (unpaired) electrons. The van der Waals surface area contributed by atoms with Crippen molar-refractivity contribution in [3.8, 4) is 0 Å². The van der Waals surface area contributed by atoms with Crippen LogP contribution in [0.2, 0.25) is 0 Å². The zero-order chi connectivity index (χ0) is 15.0. The number of halogens is 2. The van der Waals surface area contributed by atoms with Gasteiger partial charge in [0.1, 0.15) is 5.82 Å². The van der Waals surface area contributed by atoms with Crippen molar-refractivity contribution in [3.63, 3.8) is 0 Å². The first kappa shape index (κ1) is 17.4. The molecule has 0 aliphatic carbocycles. The topological polar surface area (TPSA) is 50.7 Å². The van der Waals surface area contributed by atoms with Gasteiger partial charge in [0.05, 0.1) is 30.4 Å². The van der Waals surface area contributed by atoms with Crippen LogP contribution < -0.4 is 5.32 Å². The van der Waals surface area contributed by atoms with Crippen molar-refractivity contribution in [2.45, 2.75) is 20.0 Å². The highest BCUT2D eigenvalue weighted by Crippen LogP contribution is 2.24. The predicted molar refractivity (Wildman–Crippen MR) is 80.6 cm³/mol. The van der Waals surface area contributed by atoms with Crippen LogP contribution >= 0.6 is 15.9 Å². The SMILES string of the molecule is CCOCCOCC(O)CNc1cc(Br)c(F)cc1C. The number of aliphatic hydroxyl groups is 1. The third kappa shape index (κ3) is 6.17. The van der Waals surface area contributed by atoms with Crippen molar-refractivity contribution >= 4 is 21.6 Å². The summed E-state index contributed by atoms with van der Waals surface area (Å²) in [5, 5.41) is 12.8. The van der Waals surface area contributed by atoms with Crippen LogP contribution in [0, 0.1) is 12.7 Å². The zero-order valence-corrected chi connectivity index (χ0v) is 13.4. The van der Waals surface area contributed by atoms with Crippen molar-refractivity contribution in [1.82, 2.24) is 0 Å². The van der Waals surface area contributed by atoms with Crippen molar-refractivity contribution in [1.29, 1.82) is 0 Å². The maximum Gasteiger partial charge on any atom is 0.137 e. The van der Waals surface area contributed by atoms with Crippen LogP contribution in [0.3, 0.4) is 0 Å². The number of aliphatic hydroxyl groups excluding tert-OH is 1. The summed E-state index contributed by atoms with van der Waals surface area (Å²) in [5.74, 6) is -0.298. The summed E-state index contributed by atoms with van der Waals surface area (Å²) >= 11 is 3.14.